The van der Waals surface area contributed by atoms with Crippen LogP contribution in [0.2, 0.25) is 5.02 Å². The van der Waals surface area contributed by atoms with Crippen LogP contribution in [-0.4, -0.2) is 22.8 Å². The van der Waals surface area contributed by atoms with E-state index in [1.54, 1.807) is 36.1 Å². The Balaban J connectivity index is 1.73. The molecule has 0 aliphatic rings. The van der Waals surface area contributed by atoms with Crippen molar-refractivity contribution in [3.8, 4) is 0 Å². The lowest BCUT2D eigenvalue weighted by molar-refractivity contribution is -0.134. The van der Waals surface area contributed by atoms with Gasteiger partial charge >= 0.3 is 0 Å². The van der Waals surface area contributed by atoms with Gasteiger partial charge in [-0.3, -0.25) is 9.59 Å². The average molecular weight is 407 g/mol. The van der Waals surface area contributed by atoms with Gasteiger partial charge in [-0.15, -0.1) is 0 Å². The molecular formula is C24H23ClN2O2. The van der Waals surface area contributed by atoms with Crippen molar-refractivity contribution in [3.63, 3.8) is 0 Å². The number of hydrogen-bond acceptors (Lipinski definition) is 2. The van der Waals surface area contributed by atoms with E-state index in [9.17, 15) is 9.59 Å². The van der Waals surface area contributed by atoms with Gasteiger partial charge in [-0.05, 0) is 42.3 Å². The van der Waals surface area contributed by atoms with Crippen molar-refractivity contribution >= 4 is 23.4 Å². The van der Waals surface area contributed by atoms with E-state index in [1.807, 2.05) is 60.7 Å². The fraction of sp³-hybridized carbons (Fsp3) is 0.167. The third kappa shape index (κ3) is 5.93. The highest BCUT2D eigenvalue weighted by Crippen LogP contribution is 2.13. The normalized spacial score (nSPS) is 11.5. The van der Waals surface area contributed by atoms with Crippen molar-refractivity contribution < 1.29 is 9.59 Å². The molecule has 0 bridgehead atoms. The van der Waals surface area contributed by atoms with Crippen LogP contribution in [0.1, 0.15) is 28.4 Å². The zero-order valence-electron chi connectivity index (χ0n) is 16.2. The molecule has 3 aromatic rings. The molecule has 0 heterocycles. The standard InChI is InChI=1S/C24H23ClN2O2/c1-18(26-23(28)21-12-14-22(25)15-13-21)24(29)27(16-19-8-4-2-5-9-19)17-20-10-6-3-7-11-20/h2-15,18H,16-17H2,1H3,(H,26,28). The highest BCUT2D eigenvalue weighted by molar-refractivity contribution is 6.30. The number of amides is 2. The van der Waals surface area contributed by atoms with E-state index in [1.165, 1.54) is 0 Å². The molecule has 1 atom stereocenters. The molecule has 0 saturated heterocycles. The van der Waals surface area contributed by atoms with Crippen LogP contribution in [-0.2, 0) is 17.9 Å². The maximum absolute atomic E-state index is 13.2. The van der Waals surface area contributed by atoms with Crippen molar-refractivity contribution in [2.45, 2.75) is 26.1 Å². The molecule has 5 heteroatoms. The molecular weight excluding hydrogens is 384 g/mol. The first-order valence-corrected chi connectivity index (χ1v) is 9.84. The van der Waals surface area contributed by atoms with Crippen LogP contribution in [0, 0.1) is 0 Å². The lowest BCUT2D eigenvalue weighted by atomic mass is 10.1. The van der Waals surface area contributed by atoms with Gasteiger partial charge in [0.05, 0.1) is 0 Å². The van der Waals surface area contributed by atoms with E-state index in [0.29, 0.717) is 23.7 Å². The SMILES string of the molecule is CC(NC(=O)c1ccc(Cl)cc1)C(=O)N(Cc1ccccc1)Cc1ccccc1. The second-order valence-corrected chi connectivity index (χ2v) is 7.30. The maximum atomic E-state index is 13.2. The second kappa shape index (κ2) is 9.89. The van der Waals surface area contributed by atoms with Gasteiger partial charge in [0.15, 0.2) is 0 Å². The van der Waals surface area contributed by atoms with Crippen molar-refractivity contribution in [1.29, 1.82) is 0 Å². The molecule has 0 saturated carbocycles. The van der Waals surface area contributed by atoms with Crippen LogP contribution in [0.5, 0.6) is 0 Å². The highest BCUT2D eigenvalue weighted by Gasteiger charge is 2.23. The first-order valence-electron chi connectivity index (χ1n) is 9.46. The van der Waals surface area contributed by atoms with Gasteiger partial charge in [-0.2, -0.15) is 0 Å². The Labute approximate surface area is 176 Å². The molecule has 1 N–H and O–H groups in total. The number of halogens is 1. The quantitative estimate of drug-likeness (QED) is 0.619. The smallest absolute Gasteiger partial charge is 0.251 e. The molecule has 0 fully saturated rings. The van der Waals surface area contributed by atoms with Crippen LogP contribution in [0.15, 0.2) is 84.9 Å². The van der Waals surface area contributed by atoms with E-state index in [-0.39, 0.29) is 11.8 Å². The summed E-state index contributed by atoms with van der Waals surface area (Å²) in [7, 11) is 0. The molecule has 3 rings (SSSR count). The maximum Gasteiger partial charge on any atom is 0.251 e. The third-order valence-corrected chi connectivity index (χ3v) is 4.82. The van der Waals surface area contributed by atoms with Crippen LogP contribution < -0.4 is 5.32 Å². The van der Waals surface area contributed by atoms with Crippen LogP contribution in [0.4, 0.5) is 0 Å². The molecule has 0 spiro atoms. The van der Waals surface area contributed by atoms with Gasteiger partial charge < -0.3 is 10.2 Å². The lowest BCUT2D eigenvalue weighted by Crippen LogP contribution is -2.46. The monoisotopic (exact) mass is 406 g/mol. The van der Waals surface area contributed by atoms with E-state index >= 15 is 0 Å². The van der Waals surface area contributed by atoms with E-state index in [4.69, 9.17) is 11.6 Å². The first-order chi connectivity index (χ1) is 14.0. The zero-order chi connectivity index (χ0) is 20.6. The van der Waals surface area contributed by atoms with Gasteiger partial charge in [0.2, 0.25) is 5.91 Å². The highest BCUT2D eigenvalue weighted by atomic mass is 35.5. The Bertz CT molecular complexity index is 902. The van der Waals surface area contributed by atoms with Crippen LogP contribution in [0.3, 0.4) is 0 Å². The summed E-state index contributed by atoms with van der Waals surface area (Å²) in [5.41, 5.74) is 2.53. The molecule has 0 radical (unpaired) electrons. The largest absolute Gasteiger partial charge is 0.341 e. The second-order valence-electron chi connectivity index (χ2n) is 6.87. The minimum absolute atomic E-state index is 0.139. The van der Waals surface area contributed by atoms with E-state index in [0.717, 1.165) is 11.1 Å². The molecule has 2 amide bonds. The number of hydrogen-bond donors (Lipinski definition) is 1. The summed E-state index contributed by atoms with van der Waals surface area (Å²) in [6.07, 6.45) is 0. The summed E-state index contributed by atoms with van der Waals surface area (Å²) in [5, 5.41) is 3.35. The lowest BCUT2D eigenvalue weighted by Gasteiger charge is -2.26. The summed E-state index contributed by atoms with van der Waals surface area (Å²) in [5.74, 6) is -0.443. The molecule has 29 heavy (non-hydrogen) atoms. The number of carbonyl (C=O) groups excluding carboxylic acids is 2. The molecule has 1 unspecified atom stereocenters. The summed E-state index contributed by atoms with van der Waals surface area (Å²) >= 11 is 5.88. The van der Waals surface area contributed by atoms with Gasteiger partial charge in [0.25, 0.3) is 5.91 Å². The number of rotatable bonds is 7. The fourth-order valence-corrected chi connectivity index (χ4v) is 3.16. The number of benzene rings is 3. The Morgan fingerprint density at radius 1 is 0.828 bits per heavy atom. The topological polar surface area (TPSA) is 49.4 Å². The molecule has 0 aromatic heterocycles. The Kier molecular flexibility index (Phi) is 7.04. The Hall–Kier alpha value is -3.11. The summed E-state index contributed by atoms with van der Waals surface area (Å²) < 4.78 is 0. The number of carbonyl (C=O) groups is 2. The number of nitrogens with zero attached hydrogens (tertiary/aromatic N) is 1. The Morgan fingerprint density at radius 3 is 1.79 bits per heavy atom. The molecule has 3 aromatic carbocycles. The molecule has 148 valence electrons. The summed E-state index contributed by atoms with van der Waals surface area (Å²) in [6.45, 7) is 2.64. The predicted molar refractivity (Wildman–Crippen MR) is 116 cm³/mol. The summed E-state index contributed by atoms with van der Waals surface area (Å²) in [6, 6.07) is 25.6. The minimum Gasteiger partial charge on any atom is -0.341 e. The third-order valence-electron chi connectivity index (χ3n) is 4.57. The van der Waals surface area contributed by atoms with Gasteiger partial charge in [-0.25, -0.2) is 0 Å². The van der Waals surface area contributed by atoms with Crippen LogP contribution >= 0.6 is 11.6 Å². The van der Waals surface area contributed by atoms with Gasteiger partial charge in [0, 0.05) is 23.7 Å². The van der Waals surface area contributed by atoms with E-state index in [2.05, 4.69) is 5.32 Å². The van der Waals surface area contributed by atoms with Crippen molar-refractivity contribution in [2.24, 2.45) is 0 Å². The van der Waals surface area contributed by atoms with Crippen molar-refractivity contribution in [1.82, 2.24) is 10.2 Å². The molecule has 0 aliphatic heterocycles. The van der Waals surface area contributed by atoms with E-state index < -0.39 is 6.04 Å². The van der Waals surface area contributed by atoms with Crippen molar-refractivity contribution in [3.05, 3.63) is 107 Å². The predicted octanol–water partition coefficient (Wildman–Crippen LogP) is 4.69. The zero-order valence-corrected chi connectivity index (χ0v) is 17.0. The fourth-order valence-electron chi connectivity index (χ4n) is 3.04. The van der Waals surface area contributed by atoms with Crippen LogP contribution in [0.25, 0.3) is 0 Å². The van der Waals surface area contributed by atoms with Gasteiger partial charge in [-0.1, -0.05) is 72.3 Å². The molecule has 0 aliphatic carbocycles. The van der Waals surface area contributed by atoms with Gasteiger partial charge in [0.1, 0.15) is 6.04 Å². The summed E-state index contributed by atoms with van der Waals surface area (Å²) in [4.78, 5) is 27.4. The molecule has 4 nitrogen and oxygen atoms in total. The van der Waals surface area contributed by atoms with Crippen molar-refractivity contribution in [2.75, 3.05) is 0 Å². The first kappa shape index (κ1) is 20.6. The number of nitrogens with one attached hydrogen (secondary N) is 1. The minimum atomic E-state index is -0.661. The Morgan fingerprint density at radius 2 is 1.31 bits per heavy atom. The average Bonchev–Trinajstić information content (AvgIpc) is 2.74.